The fourth-order valence-corrected chi connectivity index (χ4v) is 2.00. The maximum absolute atomic E-state index is 13.1. The van der Waals surface area contributed by atoms with Gasteiger partial charge in [0, 0.05) is 5.57 Å². The lowest BCUT2D eigenvalue weighted by Gasteiger charge is -2.08. The quantitative estimate of drug-likeness (QED) is 0.651. The minimum atomic E-state index is -0.775. The zero-order chi connectivity index (χ0) is 11.3. The van der Waals surface area contributed by atoms with Crippen molar-refractivity contribution < 1.29 is 13.6 Å². The predicted octanol–water partition coefficient (Wildman–Crippen LogP) is 3.04. The first-order chi connectivity index (χ1) is 7.66. The monoisotopic (exact) mass is 216 g/mol. The van der Waals surface area contributed by atoms with Crippen molar-refractivity contribution in [3.63, 3.8) is 0 Å². The Morgan fingerprint density at radius 3 is 2.62 bits per heavy atom. The van der Waals surface area contributed by atoms with E-state index in [1.54, 1.807) is 12.1 Å². The zero-order valence-corrected chi connectivity index (χ0v) is 8.13. The molecule has 0 atom stereocenters. The van der Waals surface area contributed by atoms with E-state index in [0.29, 0.717) is 16.7 Å². The second-order valence-electron chi connectivity index (χ2n) is 3.71. The Bertz CT molecular complexity index is 606. The van der Waals surface area contributed by atoms with Crippen LogP contribution < -0.4 is 0 Å². The zero-order valence-electron chi connectivity index (χ0n) is 8.13. The lowest BCUT2D eigenvalue weighted by molar-refractivity contribution is -0.113. The summed E-state index contributed by atoms with van der Waals surface area (Å²) in [4.78, 5) is 11.5. The number of Topliss-reactive ketones (excluding diaryl/α,β-unsaturated/α-hetero) is 1. The number of carbonyl (C=O) groups excluding carboxylic acids is 1. The summed E-state index contributed by atoms with van der Waals surface area (Å²) in [5, 5.41) is 0. The van der Waals surface area contributed by atoms with Gasteiger partial charge in [0.2, 0.25) is 5.78 Å². The molecule has 0 unspecified atom stereocenters. The van der Waals surface area contributed by atoms with Gasteiger partial charge in [-0.15, -0.1) is 0 Å². The van der Waals surface area contributed by atoms with Crippen LogP contribution in [0, 0.1) is 5.82 Å². The van der Waals surface area contributed by atoms with E-state index in [-0.39, 0.29) is 5.82 Å². The first kappa shape index (κ1) is 9.21. The van der Waals surface area contributed by atoms with Gasteiger partial charge in [0.25, 0.3) is 0 Å². The van der Waals surface area contributed by atoms with Crippen LogP contribution in [0.2, 0.25) is 0 Å². The van der Waals surface area contributed by atoms with E-state index in [1.165, 1.54) is 18.2 Å². The summed E-state index contributed by atoms with van der Waals surface area (Å²) < 4.78 is 26.1. The number of halogens is 2. The molecule has 0 radical (unpaired) electrons. The van der Waals surface area contributed by atoms with E-state index in [0.717, 1.165) is 11.6 Å². The van der Waals surface area contributed by atoms with E-state index >= 15 is 0 Å². The first-order valence-corrected chi connectivity index (χ1v) is 4.81. The molecule has 0 spiro atoms. The molecule has 0 bridgehead atoms. The number of benzene rings is 1. The topological polar surface area (TPSA) is 17.1 Å². The second kappa shape index (κ2) is 2.98. The van der Waals surface area contributed by atoms with Crippen LogP contribution >= 0.6 is 0 Å². The highest BCUT2D eigenvalue weighted by molar-refractivity contribution is 6.24. The summed E-state index contributed by atoms with van der Waals surface area (Å²) in [6, 6.07) is 4.27. The fraction of sp³-hybridized carbons (Fsp3) is 0. The Morgan fingerprint density at radius 1 is 1.00 bits per heavy atom. The van der Waals surface area contributed by atoms with Crippen LogP contribution in [0.5, 0.6) is 0 Å². The van der Waals surface area contributed by atoms with Crippen molar-refractivity contribution in [2.45, 2.75) is 0 Å². The standard InChI is InChI=1S/C13H6F2O/c14-8-1-2-9-7(5-8)6-11-10(9)3-4-12(15)13(11)16/h1-6H. The highest BCUT2D eigenvalue weighted by atomic mass is 19.1. The maximum Gasteiger partial charge on any atom is 0.221 e. The van der Waals surface area contributed by atoms with Crippen LogP contribution in [-0.2, 0) is 4.79 Å². The van der Waals surface area contributed by atoms with Crippen molar-refractivity contribution in [1.82, 2.24) is 0 Å². The lowest BCUT2D eigenvalue weighted by atomic mass is 9.96. The third kappa shape index (κ3) is 1.11. The molecule has 78 valence electrons. The molecule has 3 heteroatoms. The van der Waals surface area contributed by atoms with Gasteiger partial charge >= 0.3 is 0 Å². The first-order valence-electron chi connectivity index (χ1n) is 4.81. The van der Waals surface area contributed by atoms with Gasteiger partial charge in [-0.25, -0.2) is 8.78 Å². The molecule has 2 aliphatic rings. The molecule has 1 aromatic carbocycles. The number of ketones is 1. The fourth-order valence-electron chi connectivity index (χ4n) is 2.00. The molecule has 1 aromatic rings. The number of rotatable bonds is 0. The SMILES string of the molecule is O=C1C(F)=CC=C2C1=Cc1cc(F)ccc12. The number of hydrogen-bond donors (Lipinski definition) is 0. The molecule has 2 aliphatic carbocycles. The molecule has 0 saturated heterocycles. The van der Waals surface area contributed by atoms with Gasteiger partial charge in [-0.3, -0.25) is 4.79 Å². The summed E-state index contributed by atoms with van der Waals surface area (Å²) in [7, 11) is 0. The van der Waals surface area contributed by atoms with Crippen LogP contribution in [0.25, 0.3) is 11.6 Å². The van der Waals surface area contributed by atoms with Crippen LogP contribution in [-0.4, -0.2) is 5.78 Å². The van der Waals surface area contributed by atoms with E-state index in [9.17, 15) is 13.6 Å². The minimum Gasteiger partial charge on any atom is -0.286 e. The molecular weight excluding hydrogens is 210 g/mol. The average molecular weight is 216 g/mol. The van der Waals surface area contributed by atoms with Crippen LogP contribution in [0.4, 0.5) is 8.78 Å². The molecular formula is C13H6F2O. The van der Waals surface area contributed by atoms with Crippen LogP contribution in [0.3, 0.4) is 0 Å². The molecule has 1 nitrogen and oxygen atoms in total. The maximum atomic E-state index is 13.1. The number of fused-ring (bicyclic) bond motifs is 3. The predicted molar refractivity (Wildman–Crippen MR) is 56.6 cm³/mol. The molecule has 0 aromatic heterocycles. The van der Waals surface area contributed by atoms with Gasteiger partial charge in [0.05, 0.1) is 0 Å². The summed E-state index contributed by atoms with van der Waals surface area (Å²) in [5.74, 6) is -1.77. The van der Waals surface area contributed by atoms with Crippen molar-refractivity contribution in [3.8, 4) is 0 Å². The van der Waals surface area contributed by atoms with Crippen molar-refractivity contribution in [3.05, 3.63) is 58.7 Å². The molecule has 0 N–H and O–H groups in total. The molecule has 0 fully saturated rings. The highest BCUT2D eigenvalue weighted by Gasteiger charge is 2.28. The Morgan fingerprint density at radius 2 is 1.81 bits per heavy atom. The third-order valence-corrected chi connectivity index (χ3v) is 2.75. The Labute approximate surface area is 90.4 Å². The summed E-state index contributed by atoms with van der Waals surface area (Å²) in [6.07, 6.45) is 4.22. The molecule has 16 heavy (non-hydrogen) atoms. The van der Waals surface area contributed by atoms with E-state index in [4.69, 9.17) is 0 Å². The average Bonchev–Trinajstić information content (AvgIpc) is 2.62. The van der Waals surface area contributed by atoms with Crippen molar-refractivity contribution in [2.24, 2.45) is 0 Å². The normalized spacial score (nSPS) is 17.4. The van der Waals surface area contributed by atoms with E-state index in [1.807, 2.05) is 0 Å². The number of hydrogen-bond acceptors (Lipinski definition) is 1. The Balaban J connectivity index is 2.24. The minimum absolute atomic E-state index is 0.306. The highest BCUT2D eigenvalue weighted by Crippen LogP contribution is 2.39. The third-order valence-electron chi connectivity index (χ3n) is 2.75. The van der Waals surface area contributed by atoms with Crippen molar-refractivity contribution in [2.75, 3.05) is 0 Å². The molecule has 0 heterocycles. The number of allylic oxidation sites excluding steroid dienone is 5. The molecule has 0 amide bonds. The van der Waals surface area contributed by atoms with Gasteiger partial charge in [0.15, 0.2) is 5.83 Å². The second-order valence-corrected chi connectivity index (χ2v) is 3.71. The van der Waals surface area contributed by atoms with E-state index < -0.39 is 11.6 Å². The van der Waals surface area contributed by atoms with Gasteiger partial charge in [-0.1, -0.05) is 12.1 Å². The van der Waals surface area contributed by atoms with Crippen molar-refractivity contribution in [1.29, 1.82) is 0 Å². The summed E-state index contributed by atoms with van der Waals surface area (Å²) in [5.41, 5.74) is 2.37. The summed E-state index contributed by atoms with van der Waals surface area (Å²) in [6.45, 7) is 0. The lowest BCUT2D eigenvalue weighted by Crippen LogP contribution is -2.05. The van der Waals surface area contributed by atoms with Gasteiger partial charge < -0.3 is 0 Å². The van der Waals surface area contributed by atoms with E-state index in [2.05, 4.69) is 0 Å². The summed E-state index contributed by atoms with van der Waals surface area (Å²) >= 11 is 0. The smallest absolute Gasteiger partial charge is 0.221 e. The number of carbonyl (C=O) groups is 1. The molecule has 0 saturated carbocycles. The molecule has 3 rings (SSSR count). The van der Waals surface area contributed by atoms with Crippen molar-refractivity contribution >= 4 is 17.4 Å². The molecule has 0 aliphatic heterocycles. The van der Waals surface area contributed by atoms with Gasteiger partial charge in [-0.05, 0) is 41.0 Å². The van der Waals surface area contributed by atoms with Gasteiger partial charge in [-0.2, -0.15) is 0 Å². The Kier molecular flexibility index (Phi) is 1.72. The van der Waals surface area contributed by atoms with Crippen LogP contribution in [0.1, 0.15) is 11.1 Å². The van der Waals surface area contributed by atoms with Gasteiger partial charge in [0.1, 0.15) is 5.82 Å². The van der Waals surface area contributed by atoms with Crippen LogP contribution in [0.15, 0.2) is 41.8 Å². The Hall–Kier alpha value is -2.03. The largest absolute Gasteiger partial charge is 0.286 e.